The molecule has 112 valence electrons. The second-order valence-electron chi connectivity index (χ2n) is 5.25. The normalized spacial score (nSPS) is 19.1. The maximum absolute atomic E-state index is 11.1. The molecule has 1 aliphatic rings. The number of ether oxygens (including phenoxy) is 1. The highest BCUT2D eigenvalue weighted by molar-refractivity contribution is 5.85. The van der Waals surface area contributed by atoms with E-state index in [4.69, 9.17) is 9.84 Å². The van der Waals surface area contributed by atoms with E-state index in [1.807, 2.05) is 10.8 Å². The van der Waals surface area contributed by atoms with Crippen molar-refractivity contribution in [1.82, 2.24) is 9.47 Å². The van der Waals surface area contributed by atoms with E-state index in [0.29, 0.717) is 18.8 Å². The Labute approximate surface area is 118 Å². The summed E-state index contributed by atoms with van der Waals surface area (Å²) in [5.41, 5.74) is 0.350. The standard InChI is InChI=1S/C14H22N2O4/c1-20-10-12(17)9-15-7-4-11(5-8-15)16-6-2-3-13(16)14(18)19/h2-3,6,11-12,17H,4-5,7-10H2,1H3,(H,18,19). The maximum Gasteiger partial charge on any atom is 0.352 e. The summed E-state index contributed by atoms with van der Waals surface area (Å²) in [6, 6.07) is 3.64. The molecule has 2 heterocycles. The third-order valence-corrected chi connectivity index (χ3v) is 3.78. The highest BCUT2D eigenvalue weighted by Crippen LogP contribution is 2.24. The van der Waals surface area contributed by atoms with Crippen LogP contribution in [-0.4, -0.2) is 65.1 Å². The van der Waals surface area contributed by atoms with Gasteiger partial charge in [-0.2, -0.15) is 0 Å². The highest BCUT2D eigenvalue weighted by Gasteiger charge is 2.24. The molecule has 0 aliphatic carbocycles. The molecular formula is C14H22N2O4. The number of β-amino-alcohol motifs (C(OH)–C–C–N with tert-alkyl or cyclic N) is 1. The largest absolute Gasteiger partial charge is 0.477 e. The molecule has 1 unspecified atom stereocenters. The Kier molecular flexibility index (Phi) is 5.17. The lowest BCUT2D eigenvalue weighted by Crippen LogP contribution is -2.40. The number of rotatable bonds is 6. The van der Waals surface area contributed by atoms with Gasteiger partial charge < -0.3 is 24.4 Å². The molecule has 6 nitrogen and oxygen atoms in total. The number of hydrogen-bond donors (Lipinski definition) is 2. The van der Waals surface area contributed by atoms with Crippen LogP contribution in [0.25, 0.3) is 0 Å². The monoisotopic (exact) mass is 282 g/mol. The minimum absolute atomic E-state index is 0.229. The number of aromatic nitrogens is 1. The minimum atomic E-state index is -0.882. The summed E-state index contributed by atoms with van der Waals surface area (Å²) in [6.45, 7) is 2.68. The molecule has 6 heteroatoms. The summed E-state index contributed by atoms with van der Waals surface area (Å²) in [4.78, 5) is 13.3. The number of carboxylic acid groups (broad SMARTS) is 1. The second kappa shape index (κ2) is 6.88. The Hall–Kier alpha value is -1.37. The van der Waals surface area contributed by atoms with Crippen molar-refractivity contribution < 1.29 is 19.7 Å². The lowest BCUT2D eigenvalue weighted by molar-refractivity contribution is 0.0296. The second-order valence-corrected chi connectivity index (χ2v) is 5.25. The zero-order valence-corrected chi connectivity index (χ0v) is 11.7. The van der Waals surface area contributed by atoms with Crippen LogP contribution in [0.1, 0.15) is 29.4 Å². The van der Waals surface area contributed by atoms with Crippen LogP contribution in [0.4, 0.5) is 0 Å². The van der Waals surface area contributed by atoms with Gasteiger partial charge in [-0.25, -0.2) is 4.79 Å². The van der Waals surface area contributed by atoms with Gasteiger partial charge in [0.1, 0.15) is 5.69 Å². The summed E-state index contributed by atoms with van der Waals surface area (Å²) in [5, 5.41) is 18.9. The van der Waals surface area contributed by atoms with E-state index in [-0.39, 0.29) is 6.04 Å². The summed E-state index contributed by atoms with van der Waals surface area (Å²) < 4.78 is 6.77. The van der Waals surface area contributed by atoms with Crippen molar-refractivity contribution in [2.75, 3.05) is 33.4 Å². The molecule has 1 aliphatic heterocycles. The van der Waals surface area contributed by atoms with E-state index in [2.05, 4.69) is 4.90 Å². The van der Waals surface area contributed by atoms with Gasteiger partial charge in [-0.15, -0.1) is 0 Å². The molecule has 0 bridgehead atoms. The Morgan fingerprint density at radius 1 is 1.50 bits per heavy atom. The molecule has 1 atom stereocenters. The first-order valence-electron chi connectivity index (χ1n) is 6.91. The molecule has 1 aromatic rings. The number of carboxylic acids is 1. The molecule has 1 saturated heterocycles. The zero-order chi connectivity index (χ0) is 14.5. The van der Waals surface area contributed by atoms with Gasteiger partial charge in [0.25, 0.3) is 0 Å². The van der Waals surface area contributed by atoms with Crippen LogP contribution in [0.2, 0.25) is 0 Å². The van der Waals surface area contributed by atoms with Gasteiger partial charge in [0.15, 0.2) is 0 Å². The van der Waals surface area contributed by atoms with Crippen LogP contribution in [0, 0.1) is 0 Å². The van der Waals surface area contributed by atoms with Crippen LogP contribution in [0.15, 0.2) is 18.3 Å². The van der Waals surface area contributed by atoms with E-state index < -0.39 is 12.1 Å². The fraction of sp³-hybridized carbons (Fsp3) is 0.643. The number of nitrogens with zero attached hydrogens (tertiary/aromatic N) is 2. The lowest BCUT2D eigenvalue weighted by atomic mass is 10.0. The van der Waals surface area contributed by atoms with Crippen LogP contribution in [0.3, 0.4) is 0 Å². The number of carbonyl (C=O) groups is 1. The molecule has 0 aromatic carbocycles. The van der Waals surface area contributed by atoms with Gasteiger partial charge in [-0.1, -0.05) is 0 Å². The molecule has 0 spiro atoms. The average Bonchev–Trinajstić information content (AvgIpc) is 2.89. The lowest BCUT2D eigenvalue weighted by Gasteiger charge is -2.34. The van der Waals surface area contributed by atoms with E-state index >= 15 is 0 Å². The number of piperidine rings is 1. The van der Waals surface area contributed by atoms with Crippen molar-refractivity contribution in [2.24, 2.45) is 0 Å². The molecule has 2 N–H and O–H groups in total. The van der Waals surface area contributed by atoms with Crippen molar-refractivity contribution in [1.29, 1.82) is 0 Å². The fourth-order valence-electron chi connectivity index (χ4n) is 2.82. The van der Waals surface area contributed by atoms with E-state index in [9.17, 15) is 9.90 Å². The van der Waals surface area contributed by atoms with Crippen molar-refractivity contribution in [3.05, 3.63) is 24.0 Å². The summed E-state index contributed by atoms with van der Waals surface area (Å²) in [7, 11) is 1.58. The fourth-order valence-corrected chi connectivity index (χ4v) is 2.82. The van der Waals surface area contributed by atoms with Crippen LogP contribution >= 0.6 is 0 Å². The van der Waals surface area contributed by atoms with Crippen molar-refractivity contribution in [3.8, 4) is 0 Å². The van der Waals surface area contributed by atoms with E-state index in [1.165, 1.54) is 0 Å². The maximum atomic E-state index is 11.1. The number of methoxy groups -OCH3 is 1. The number of aliphatic hydroxyl groups excluding tert-OH is 1. The molecular weight excluding hydrogens is 260 g/mol. The van der Waals surface area contributed by atoms with Crippen LogP contribution < -0.4 is 0 Å². The van der Waals surface area contributed by atoms with Gasteiger partial charge in [0, 0.05) is 39.0 Å². The average molecular weight is 282 g/mol. The minimum Gasteiger partial charge on any atom is -0.477 e. The van der Waals surface area contributed by atoms with Gasteiger partial charge >= 0.3 is 5.97 Å². The van der Waals surface area contributed by atoms with Gasteiger partial charge in [-0.05, 0) is 25.0 Å². The first-order valence-corrected chi connectivity index (χ1v) is 6.91. The van der Waals surface area contributed by atoms with E-state index in [1.54, 1.807) is 19.2 Å². The smallest absolute Gasteiger partial charge is 0.352 e. The summed E-state index contributed by atoms with van der Waals surface area (Å²) >= 11 is 0. The Morgan fingerprint density at radius 3 is 2.80 bits per heavy atom. The molecule has 1 fully saturated rings. The number of hydrogen-bond acceptors (Lipinski definition) is 4. The topological polar surface area (TPSA) is 74.9 Å². The van der Waals surface area contributed by atoms with E-state index in [0.717, 1.165) is 25.9 Å². The van der Waals surface area contributed by atoms with Gasteiger partial charge in [-0.3, -0.25) is 0 Å². The predicted molar refractivity (Wildman–Crippen MR) is 74.0 cm³/mol. The molecule has 0 amide bonds. The third kappa shape index (κ3) is 3.59. The Morgan fingerprint density at radius 2 is 2.20 bits per heavy atom. The van der Waals surface area contributed by atoms with Gasteiger partial charge in [0.2, 0.25) is 0 Å². The summed E-state index contributed by atoms with van der Waals surface area (Å²) in [6.07, 6.45) is 3.17. The number of aliphatic hydroxyl groups is 1. The molecule has 1 aromatic heterocycles. The highest BCUT2D eigenvalue weighted by atomic mass is 16.5. The third-order valence-electron chi connectivity index (χ3n) is 3.78. The van der Waals surface area contributed by atoms with Crippen LogP contribution in [0.5, 0.6) is 0 Å². The number of likely N-dealkylation sites (tertiary alicyclic amines) is 1. The quantitative estimate of drug-likeness (QED) is 0.808. The summed E-state index contributed by atoms with van der Waals surface area (Å²) in [5.74, 6) is -0.882. The zero-order valence-electron chi connectivity index (χ0n) is 11.7. The molecule has 0 saturated carbocycles. The Bertz CT molecular complexity index is 438. The SMILES string of the molecule is COCC(O)CN1CCC(n2cccc2C(=O)O)CC1. The molecule has 2 rings (SSSR count). The Balaban J connectivity index is 1.88. The predicted octanol–water partition coefficient (Wildman–Crippen LogP) is 0.830. The first-order chi connectivity index (χ1) is 9.61. The number of aromatic carboxylic acids is 1. The van der Waals surface area contributed by atoms with Crippen molar-refractivity contribution in [3.63, 3.8) is 0 Å². The molecule has 20 heavy (non-hydrogen) atoms. The van der Waals surface area contributed by atoms with Crippen LogP contribution in [-0.2, 0) is 4.74 Å². The van der Waals surface area contributed by atoms with Crippen molar-refractivity contribution in [2.45, 2.75) is 25.0 Å². The van der Waals surface area contributed by atoms with Crippen molar-refractivity contribution >= 4 is 5.97 Å². The first kappa shape index (κ1) is 15.0. The van der Waals surface area contributed by atoms with Gasteiger partial charge in [0.05, 0.1) is 12.7 Å². The molecule has 0 radical (unpaired) electrons.